The van der Waals surface area contributed by atoms with Gasteiger partial charge in [0.2, 0.25) is 0 Å². The van der Waals surface area contributed by atoms with Gasteiger partial charge >= 0.3 is 11.9 Å². The molecule has 2 aromatic carbocycles. The van der Waals surface area contributed by atoms with Crippen molar-refractivity contribution in [3.63, 3.8) is 0 Å². The first kappa shape index (κ1) is 16.5. The van der Waals surface area contributed by atoms with Crippen LogP contribution in [-0.2, 0) is 14.3 Å². The SMILES string of the molecule is C=C(C)C(=O)OCCOC(=O)c1ccc(-c2ccccc2)cc1. The Morgan fingerprint density at radius 3 is 2.04 bits per heavy atom. The van der Waals surface area contributed by atoms with Gasteiger partial charge in [-0.3, -0.25) is 0 Å². The smallest absolute Gasteiger partial charge is 0.338 e. The van der Waals surface area contributed by atoms with Crippen LogP contribution in [-0.4, -0.2) is 25.2 Å². The molecule has 0 saturated heterocycles. The predicted octanol–water partition coefficient (Wildman–Crippen LogP) is 3.63. The summed E-state index contributed by atoms with van der Waals surface area (Å²) in [6.07, 6.45) is 0. The molecule has 0 amide bonds. The lowest BCUT2D eigenvalue weighted by atomic mass is 10.0. The van der Waals surface area contributed by atoms with Gasteiger partial charge in [0.15, 0.2) is 0 Å². The molecular weight excluding hydrogens is 292 g/mol. The number of carbonyl (C=O) groups is 2. The molecule has 23 heavy (non-hydrogen) atoms. The molecular formula is C19H18O4. The summed E-state index contributed by atoms with van der Waals surface area (Å²) in [4.78, 5) is 23.1. The zero-order valence-electron chi connectivity index (χ0n) is 13.0. The highest BCUT2D eigenvalue weighted by Crippen LogP contribution is 2.19. The highest BCUT2D eigenvalue weighted by atomic mass is 16.6. The van der Waals surface area contributed by atoms with E-state index in [9.17, 15) is 9.59 Å². The van der Waals surface area contributed by atoms with E-state index in [4.69, 9.17) is 9.47 Å². The summed E-state index contributed by atoms with van der Waals surface area (Å²) in [5, 5.41) is 0. The van der Waals surface area contributed by atoms with Crippen LogP contribution in [0.1, 0.15) is 17.3 Å². The molecule has 0 atom stereocenters. The van der Waals surface area contributed by atoms with Crippen molar-refractivity contribution in [3.8, 4) is 11.1 Å². The van der Waals surface area contributed by atoms with Crippen LogP contribution < -0.4 is 0 Å². The van der Waals surface area contributed by atoms with Gasteiger partial charge in [0, 0.05) is 5.57 Å². The van der Waals surface area contributed by atoms with E-state index in [2.05, 4.69) is 6.58 Å². The van der Waals surface area contributed by atoms with Crippen LogP contribution >= 0.6 is 0 Å². The number of hydrogen-bond donors (Lipinski definition) is 0. The van der Waals surface area contributed by atoms with Gasteiger partial charge < -0.3 is 9.47 Å². The first-order valence-electron chi connectivity index (χ1n) is 7.23. The maximum absolute atomic E-state index is 11.9. The van der Waals surface area contributed by atoms with E-state index in [1.54, 1.807) is 19.1 Å². The largest absolute Gasteiger partial charge is 0.459 e. The summed E-state index contributed by atoms with van der Waals surface area (Å²) in [5.41, 5.74) is 2.88. The van der Waals surface area contributed by atoms with Crippen LogP contribution in [0.4, 0.5) is 0 Å². The fraction of sp³-hybridized carbons (Fsp3) is 0.158. The summed E-state index contributed by atoms with van der Waals surface area (Å²) in [5.74, 6) is -0.941. The average Bonchev–Trinajstić information content (AvgIpc) is 2.59. The average molecular weight is 310 g/mol. The minimum Gasteiger partial charge on any atom is -0.459 e. The van der Waals surface area contributed by atoms with E-state index in [0.29, 0.717) is 11.1 Å². The van der Waals surface area contributed by atoms with Gasteiger partial charge in [-0.1, -0.05) is 49.0 Å². The summed E-state index contributed by atoms with van der Waals surface area (Å²) in [7, 11) is 0. The third-order valence-corrected chi connectivity index (χ3v) is 3.13. The minimum atomic E-state index is -0.492. The number of carbonyl (C=O) groups excluding carboxylic acids is 2. The summed E-state index contributed by atoms with van der Waals surface area (Å²) in [6, 6.07) is 17.0. The van der Waals surface area contributed by atoms with E-state index in [-0.39, 0.29) is 13.2 Å². The standard InChI is InChI=1S/C19H18O4/c1-14(2)18(20)22-12-13-23-19(21)17-10-8-16(9-11-17)15-6-4-3-5-7-15/h3-11H,1,12-13H2,2H3. The molecule has 2 aromatic rings. The lowest BCUT2D eigenvalue weighted by Gasteiger charge is -2.07. The number of hydrogen-bond acceptors (Lipinski definition) is 4. The van der Waals surface area contributed by atoms with E-state index in [1.165, 1.54) is 0 Å². The third-order valence-electron chi connectivity index (χ3n) is 3.13. The van der Waals surface area contributed by atoms with Crippen LogP contribution in [0.3, 0.4) is 0 Å². The molecule has 0 radical (unpaired) electrons. The molecule has 2 rings (SSSR count). The van der Waals surface area contributed by atoms with Crippen molar-refractivity contribution in [2.24, 2.45) is 0 Å². The molecule has 0 spiro atoms. The Morgan fingerprint density at radius 1 is 0.870 bits per heavy atom. The number of esters is 2. The van der Waals surface area contributed by atoms with Gasteiger partial charge in [-0.15, -0.1) is 0 Å². The topological polar surface area (TPSA) is 52.6 Å². The van der Waals surface area contributed by atoms with Crippen LogP contribution in [0.5, 0.6) is 0 Å². The van der Waals surface area contributed by atoms with Gasteiger partial charge in [0.1, 0.15) is 13.2 Å². The van der Waals surface area contributed by atoms with Crippen LogP contribution in [0.25, 0.3) is 11.1 Å². The van der Waals surface area contributed by atoms with Crippen molar-refractivity contribution in [1.82, 2.24) is 0 Å². The molecule has 0 aliphatic rings. The van der Waals surface area contributed by atoms with Crippen molar-refractivity contribution in [2.45, 2.75) is 6.92 Å². The van der Waals surface area contributed by atoms with Crippen molar-refractivity contribution in [1.29, 1.82) is 0 Å². The van der Waals surface area contributed by atoms with Crippen molar-refractivity contribution < 1.29 is 19.1 Å². The van der Waals surface area contributed by atoms with Crippen molar-refractivity contribution in [2.75, 3.05) is 13.2 Å². The Hall–Kier alpha value is -2.88. The molecule has 118 valence electrons. The fourth-order valence-corrected chi connectivity index (χ4v) is 1.90. The van der Waals surface area contributed by atoms with Crippen molar-refractivity contribution >= 4 is 11.9 Å². The quantitative estimate of drug-likeness (QED) is 0.464. The molecule has 0 saturated carbocycles. The number of benzene rings is 2. The van der Waals surface area contributed by atoms with E-state index < -0.39 is 11.9 Å². The molecule has 0 N–H and O–H groups in total. The maximum Gasteiger partial charge on any atom is 0.338 e. The van der Waals surface area contributed by atoms with E-state index in [1.807, 2.05) is 42.5 Å². The summed E-state index contributed by atoms with van der Waals surface area (Å²) >= 11 is 0. The Morgan fingerprint density at radius 2 is 1.43 bits per heavy atom. The zero-order valence-corrected chi connectivity index (χ0v) is 13.0. The van der Waals surface area contributed by atoms with Gasteiger partial charge in [0.05, 0.1) is 5.56 Å². The fourth-order valence-electron chi connectivity index (χ4n) is 1.90. The van der Waals surface area contributed by atoms with Crippen LogP contribution in [0.2, 0.25) is 0 Å². The summed E-state index contributed by atoms with van der Waals surface area (Å²) in [6.45, 7) is 5.05. The second-order valence-electron chi connectivity index (χ2n) is 5.00. The second-order valence-corrected chi connectivity index (χ2v) is 5.00. The number of rotatable bonds is 6. The molecule has 0 heterocycles. The molecule has 0 aromatic heterocycles. The third kappa shape index (κ3) is 4.81. The zero-order chi connectivity index (χ0) is 16.7. The van der Waals surface area contributed by atoms with Gasteiger partial charge in [-0.05, 0) is 30.2 Å². The van der Waals surface area contributed by atoms with E-state index in [0.717, 1.165) is 11.1 Å². The van der Waals surface area contributed by atoms with E-state index >= 15 is 0 Å². The van der Waals surface area contributed by atoms with Gasteiger partial charge in [0.25, 0.3) is 0 Å². The van der Waals surface area contributed by atoms with Gasteiger partial charge in [-0.2, -0.15) is 0 Å². The molecule has 0 fully saturated rings. The highest BCUT2D eigenvalue weighted by Gasteiger charge is 2.08. The molecule has 0 aliphatic heterocycles. The first-order valence-corrected chi connectivity index (χ1v) is 7.23. The lowest BCUT2D eigenvalue weighted by molar-refractivity contribution is -0.140. The second kappa shape index (κ2) is 7.94. The Balaban J connectivity index is 1.86. The lowest BCUT2D eigenvalue weighted by Crippen LogP contribution is -2.14. The highest BCUT2D eigenvalue weighted by molar-refractivity contribution is 5.90. The summed E-state index contributed by atoms with van der Waals surface area (Å²) < 4.78 is 9.91. The Labute approximate surface area is 135 Å². The molecule has 4 nitrogen and oxygen atoms in total. The molecule has 0 bridgehead atoms. The molecule has 4 heteroatoms. The van der Waals surface area contributed by atoms with Crippen molar-refractivity contribution in [3.05, 3.63) is 72.3 Å². The minimum absolute atomic E-state index is 0.0122. The molecule has 0 aliphatic carbocycles. The monoisotopic (exact) mass is 310 g/mol. The molecule has 0 unspecified atom stereocenters. The van der Waals surface area contributed by atoms with Crippen LogP contribution in [0.15, 0.2) is 66.7 Å². The Kier molecular flexibility index (Phi) is 5.69. The normalized spacial score (nSPS) is 9.96. The van der Waals surface area contributed by atoms with Crippen LogP contribution in [0, 0.1) is 0 Å². The van der Waals surface area contributed by atoms with Gasteiger partial charge in [-0.25, -0.2) is 9.59 Å². The Bertz CT molecular complexity index is 687. The predicted molar refractivity (Wildman–Crippen MR) is 87.9 cm³/mol. The maximum atomic E-state index is 11.9. The first-order chi connectivity index (χ1) is 11.1. The number of ether oxygens (including phenoxy) is 2.